The van der Waals surface area contributed by atoms with Gasteiger partial charge in [0.25, 0.3) is 0 Å². The first-order valence-electron chi connectivity index (χ1n) is 5.62. The Bertz CT molecular complexity index is 439. The van der Waals surface area contributed by atoms with E-state index < -0.39 is 5.60 Å². The third kappa shape index (κ3) is 2.75. The second-order valence-corrected chi connectivity index (χ2v) is 5.43. The van der Waals surface area contributed by atoms with Gasteiger partial charge in [-0.05, 0) is 37.5 Å². The Morgan fingerprint density at radius 3 is 2.94 bits per heavy atom. The average molecular weight is 301 g/mol. The van der Waals surface area contributed by atoms with Gasteiger partial charge in [-0.2, -0.15) is 0 Å². The molecule has 1 fully saturated rings. The van der Waals surface area contributed by atoms with Crippen molar-refractivity contribution in [2.45, 2.75) is 31.8 Å². The van der Waals surface area contributed by atoms with Crippen LogP contribution >= 0.6 is 15.9 Å². The number of ketones is 1. The van der Waals surface area contributed by atoms with Crippen LogP contribution < -0.4 is 0 Å². The first-order chi connectivity index (χ1) is 8.01. The van der Waals surface area contributed by atoms with E-state index in [1.54, 1.807) is 19.1 Å². The van der Waals surface area contributed by atoms with E-state index >= 15 is 0 Å². The SMILES string of the molecule is CC1(C(=O)Cc2ccc(Br)cc2F)CCCO1. The lowest BCUT2D eigenvalue weighted by Crippen LogP contribution is -2.35. The number of carbonyl (C=O) groups is 1. The quantitative estimate of drug-likeness (QED) is 0.856. The summed E-state index contributed by atoms with van der Waals surface area (Å²) in [6.07, 6.45) is 1.71. The fourth-order valence-corrected chi connectivity index (χ4v) is 2.36. The zero-order valence-electron chi connectivity index (χ0n) is 9.63. The number of carbonyl (C=O) groups excluding carboxylic acids is 1. The van der Waals surface area contributed by atoms with E-state index in [2.05, 4.69) is 15.9 Å². The molecule has 1 aromatic rings. The Hall–Kier alpha value is -0.740. The lowest BCUT2D eigenvalue weighted by atomic mass is 9.92. The molecule has 0 aromatic heterocycles. The average Bonchev–Trinajstić information content (AvgIpc) is 2.71. The van der Waals surface area contributed by atoms with Crippen molar-refractivity contribution in [1.82, 2.24) is 0 Å². The second-order valence-electron chi connectivity index (χ2n) is 4.52. The van der Waals surface area contributed by atoms with Gasteiger partial charge >= 0.3 is 0 Å². The summed E-state index contributed by atoms with van der Waals surface area (Å²) < 4.78 is 19.7. The van der Waals surface area contributed by atoms with Crippen molar-refractivity contribution in [1.29, 1.82) is 0 Å². The van der Waals surface area contributed by atoms with Crippen molar-refractivity contribution >= 4 is 21.7 Å². The van der Waals surface area contributed by atoms with Crippen LogP contribution in [0.4, 0.5) is 4.39 Å². The van der Waals surface area contributed by atoms with Crippen molar-refractivity contribution in [2.75, 3.05) is 6.61 Å². The smallest absolute Gasteiger partial charge is 0.168 e. The van der Waals surface area contributed by atoms with Crippen molar-refractivity contribution < 1.29 is 13.9 Å². The minimum Gasteiger partial charge on any atom is -0.367 e. The van der Waals surface area contributed by atoms with E-state index in [-0.39, 0.29) is 18.0 Å². The number of hydrogen-bond acceptors (Lipinski definition) is 2. The van der Waals surface area contributed by atoms with Crippen molar-refractivity contribution in [3.8, 4) is 0 Å². The number of halogens is 2. The molecule has 1 saturated heterocycles. The van der Waals surface area contributed by atoms with Crippen molar-refractivity contribution in [2.24, 2.45) is 0 Å². The van der Waals surface area contributed by atoms with Gasteiger partial charge in [0, 0.05) is 17.5 Å². The van der Waals surface area contributed by atoms with E-state index in [9.17, 15) is 9.18 Å². The lowest BCUT2D eigenvalue weighted by Gasteiger charge is -2.21. The molecule has 1 unspecified atom stereocenters. The van der Waals surface area contributed by atoms with Gasteiger partial charge in [-0.3, -0.25) is 4.79 Å². The molecule has 0 spiro atoms. The number of hydrogen-bond donors (Lipinski definition) is 0. The summed E-state index contributed by atoms with van der Waals surface area (Å²) in [5.41, 5.74) is -0.297. The van der Waals surface area contributed by atoms with Gasteiger partial charge in [0.2, 0.25) is 0 Å². The van der Waals surface area contributed by atoms with Crippen LogP contribution in [-0.4, -0.2) is 18.0 Å². The monoisotopic (exact) mass is 300 g/mol. The maximum Gasteiger partial charge on any atom is 0.168 e. The minimum atomic E-state index is -0.723. The molecular weight excluding hydrogens is 287 g/mol. The predicted octanol–water partition coefficient (Wildman–Crippen LogP) is 3.27. The molecule has 1 aromatic carbocycles. The Balaban J connectivity index is 2.13. The molecule has 0 aliphatic carbocycles. The van der Waals surface area contributed by atoms with Gasteiger partial charge in [0.05, 0.1) is 0 Å². The summed E-state index contributed by atoms with van der Waals surface area (Å²) in [6.45, 7) is 2.41. The highest BCUT2D eigenvalue weighted by Gasteiger charge is 2.37. The largest absolute Gasteiger partial charge is 0.367 e. The normalized spacial score (nSPS) is 23.9. The molecule has 1 heterocycles. The summed E-state index contributed by atoms with van der Waals surface area (Å²) >= 11 is 3.19. The molecule has 0 saturated carbocycles. The molecule has 1 atom stereocenters. The standard InChI is InChI=1S/C13H14BrFO2/c1-13(5-2-6-17-13)12(16)7-9-3-4-10(14)8-11(9)15/h3-4,8H,2,5-7H2,1H3. The zero-order chi connectivity index (χ0) is 12.5. The molecular formula is C13H14BrFO2. The van der Waals surface area contributed by atoms with Gasteiger partial charge < -0.3 is 4.74 Å². The molecule has 92 valence electrons. The third-order valence-corrected chi connectivity index (χ3v) is 3.67. The number of ether oxygens (including phenoxy) is 1. The van der Waals surface area contributed by atoms with E-state index in [0.717, 1.165) is 12.8 Å². The number of Topliss-reactive ketones (excluding diaryl/α,β-unsaturated/α-hetero) is 1. The summed E-state index contributed by atoms with van der Waals surface area (Å²) in [5.74, 6) is -0.398. The van der Waals surface area contributed by atoms with Crippen LogP contribution in [0.1, 0.15) is 25.3 Å². The van der Waals surface area contributed by atoms with Crippen LogP contribution in [0.5, 0.6) is 0 Å². The predicted molar refractivity (Wildman–Crippen MR) is 66.4 cm³/mol. The molecule has 1 aliphatic heterocycles. The zero-order valence-corrected chi connectivity index (χ0v) is 11.2. The van der Waals surface area contributed by atoms with E-state index in [1.165, 1.54) is 6.07 Å². The van der Waals surface area contributed by atoms with Crippen LogP contribution in [0.2, 0.25) is 0 Å². The Morgan fingerprint density at radius 1 is 1.59 bits per heavy atom. The first-order valence-corrected chi connectivity index (χ1v) is 6.42. The molecule has 17 heavy (non-hydrogen) atoms. The Morgan fingerprint density at radius 2 is 2.35 bits per heavy atom. The first kappa shape index (κ1) is 12.7. The molecule has 0 bridgehead atoms. The van der Waals surface area contributed by atoms with Crippen molar-refractivity contribution in [3.05, 3.63) is 34.1 Å². The molecule has 0 radical (unpaired) electrons. The highest BCUT2D eigenvalue weighted by atomic mass is 79.9. The molecule has 0 amide bonds. The minimum absolute atomic E-state index is 0.0452. The summed E-state index contributed by atoms with van der Waals surface area (Å²) in [5, 5.41) is 0. The van der Waals surface area contributed by atoms with Crippen molar-refractivity contribution in [3.63, 3.8) is 0 Å². The Labute approximate surface area is 108 Å². The summed E-state index contributed by atoms with van der Waals surface area (Å²) in [6, 6.07) is 4.75. The van der Waals surface area contributed by atoms with Gasteiger partial charge in [0.1, 0.15) is 11.4 Å². The summed E-state index contributed by atoms with van der Waals surface area (Å²) in [7, 11) is 0. The van der Waals surface area contributed by atoms with E-state index in [0.29, 0.717) is 16.6 Å². The van der Waals surface area contributed by atoms with Gasteiger partial charge in [-0.25, -0.2) is 4.39 Å². The lowest BCUT2D eigenvalue weighted by molar-refractivity contribution is -0.136. The molecule has 1 aliphatic rings. The topological polar surface area (TPSA) is 26.3 Å². The maximum absolute atomic E-state index is 13.6. The van der Waals surface area contributed by atoms with E-state index in [1.807, 2.05) is 0 Å². The highest BCUT2D eigenvalue weighted by molar-refractivity contribution is 9.10. The fraction of sp³-hybridized carbons (Fsp3) is 0.462. The second kappa shape index (κ2) is 4.86. The number of rotatable bonds is 3. The third-order valence-electron chi connectivity index (χ3n) is 3.17. The van der Waals surface area contributed by atoms with Crippen LogP contribution in [0.3, 0.4) is 0 Å². The van der Waals surface area contributed by atoms with Gasteiger partial charge in [0.15, 0.2) is 5.78 Å². The van der Waals surface area contributed by atoms with E-state index in [4.69, 9.17) is 4.74 Å². The Kier molecular flexibility index (Phi) is 3.64. The van der Waals surface area contributed by atoms with Crippen LogP contribution in [-0.2, 0) is 16.0 Å². The molecule has 2 nitrogen and oxygen atoms in total. The molecule has 2 rings (SSSR count). The number of benzene rings is 1. The van der Waals surface area contributed by atoms with Crippen LogP contribution in [0, 0.1) is 5.82 Å². The highest BCUT2D eigenvalue weighted by Crippen LogP contribution is 2.28. The van der Waals surface area contributed by atoms with Crippen LogP contribution in [0.15, 0.2) is 22.7 Å². The molecule has 4 heteroatoms. The van der Waals surface area contributed by atoms with Gasteiger partial charge in [-0.1, -0.05) is 22.0 Å². The van der Waals surface area contributed by atoms with Gasteiger partial charge in [-0.15, -0.1) is 0 Å². The fourth-order valence-electron chi connectivity index (χ4n) is 2.02. The maximum atomic E-state index is 13.6. The summed E-state index contributed by atoms with van der Waals surface area (Å²) in [4.78, 5) is 12.1. The molecule has 0 N–H and O–H groups in total. The van der Waals surface area contributed by atoms with Crippen LogP contribution in [0.25, 0.3) is 0 Å².